The summed E-state index contributed by atoms with van der Waals surface area (Å²) in [6.45, 7) is 0. The highest BCUT2D eigenvalue weighted by molar-refractivity contribution is 8.04. The molecule has 0 spiro atoms. The second-order valence-electron chi connectivity index (χ2n) is 6.45. The van der Waals surface area contributed by atoms with Crippen LogP contribution in [0.1, 0.15) is 0 Å². The lowest BCUT2D eigenvalue weighted by Gasteiger charge is -2.00. The van der Waals surface area contributed by atoms with Gasteiger partial charge in [-0.2, -0.15) is 20.2 Å². The summed E-state index contributed by atoms with van der Waals surface area (Å²) in [5.74, 6) is 3.65. The monoisotopic (exact) mass is 546 g/mol. The Morgan fingerprint density at radius 1 is 0.879 bits per heavy atom. The van der Waals surface area contributed by atoms with Gasteiger partial charge in [0.2, 0.25) is 0 Å². The third-order valence-corrected chi connectivity index (χ3v) is 8.93. The van der Waals surface area contributed by atoms with E-state index in [-0.39, 0.29) is 4.90 Å². The molecule has 2 aromatic heterocycles. The minimum absolute atomic E-state index is 0.155. The van der Waals surface area contributed by atoms with Crippen molar-refractivity contribution in [1.29, 1.82) is 0 Å². The number of aromatic nitrogens is 4. The summed E-state index contributed by atoms with van der Waals surface area (Å²) in [4.78, 5) is 15.9. The van der Waals surface area contributed by atoms with Gasteiger partial charge in [0, 0.05) is 27.9 Å². The van der Waals surface area contributed by atoms with Crippen molar-refractivity contribution in [3.63, 3.8) is 0 Å². The van der Waals surface area contributed by atoms with Crippen molar-refractivity contribution in [2.45, 2.75) is 20.1 Å². The number of nitrogens with zero attached hydrogens (tertiary/aromatic N) is 2. The second kappa shape index (κ2) is 11.3. The second-order valence-corrected chi connectivity index (χ2v) is 12.0. The smallest absolute Gasteiger partial charge is 0.294 e. The van der Waals surface area contributed by atoms with Crippen LogP contribution in [0.15, 0.2) is 56.5 Å². The summed E-state index contributed by atoms with van der Waals surface area (Å²) in [7, 11) is -4.23. The number of hydrogen-bond donors (Lipinski definition) is 4. The Morgan fingerprint density at radius 3 is 2.09 bits per heavy atom. The molecule has 0 aliphatic rings. The van der Waals surface area contributed by atoms with Gasteiger partial charge in [-0.3, -0.25) is 4.55 Å². The van der Waals surface area contributed by atoms with Crippen molar-refractivity contribution >= 4 is 79.5 Å². The van der Waals surface area contributed by atoms with Crippen LogP contribution >= 0.6 is 47.3 Å². The molecule has 33 heavy (non-hydrogen) atoms. The molecule has 4 aromatic rings. The van der Waals surface area contributed by atoms with Crippen LogP contribution in [0.2, 0.25) is 0 Å². The van der Waals surface area contributed by atoms with E-state index in [0.29, 0.717) is 16.2 Å². The van der Waals surface area contributed by atoms with Crippen LogP contribution in [0.25, 0.3) is 22.1 Å². The molecular formula is C18H18N4O6S5. The topological polar surface area (TPSA) is 150 Å². The molecule has 0 unspecified atom stereocenters. The van der Waals surface area contributed by atoms with Crippen LogP contribution in [0.3, 0.4) is 0 Å². The number of aromatic amines is 2. The van der Waals surface area contributed by atoms with E-state index in [1.165, 1.54) is 12.1 Å². The highest BCUT2D eigenvalue weighted by atomic mass is 32.2. The fraction of sp³-hybridized carbons (Fsp3) is 0.222. The van der Waals surface area contributed by atoms with E-state index in [4.69, 9.17) is 9.81 Å². The Bertz CT molecular complexity index is 1340. The fourth-order valence-corrected chi connectivity index (χ4v) is 6.63. The molecule has 0 amide bonds. The Kier molecular flexibility index (Phi) is 8.48. The SMILES string of the molecule is O=S(=O)(O)c1ccc2nc(SCCSCCSc3nc4ccc(SOOO)cc4[nH]3)[nH]c2c1. The summed E-state index contributed by atoms with van der Waals surface area (Å²) < 4.78 is 36.1. The van der Waals surface area contributed by atoms with Gasteiger partial charge in [0.25, 0.3) is 10.1 Å². The molecule has 0 aliphatic carbocycles. The van der Waals surface area contributed by atoms with Gasteiger partial charge >= 0.3 is 0 Å². The van der Waals surface area contributed by atoms with E-state index in [2.05, 4.69) is 29.3 Å². The van der Waals surface area contributed by atoms with Gasteiger partial charge in [-0.05, 0) is 36.4 Å². The minimum atomic E-state index is -4.23. The molecule has 4 N–H and O–H groups in total. The van der Waals surface area contributed by atoms with Crippen LogP contribution in [-0.2, 0) is 19.5 Å². The number of nitrogens with one attached hydrogen (secondary N) is 2. The molecule has 0 atom stereocenters. The molecule has 0 fully saturated rings. The van der Waals surface area contributed by atoms with Crippen LogP contribution < -0.4 is 0 Å². The van der Waals surface area contributed by atoms with Crippen LogP contribution in [-0.4, -0.2) is 61.2 Å². The normalized spacial score (nSPS) is 12.2. The molecule has 0 bridgehead atoms. The lowest BCUT2D eigenvalue weighted by molar-refractivity contribution is -0.432. The third-order valence-electron chi connectivity index (χ3n) is 4.25. The van der Waals surface area contributed by atoms with E-state index in [1.807, 2.05) is 30.0 Å². The first-order valence-corrected chi connectivity index (χ1v) is 14.7. The first-order chi connectivity index (χ1) is 15.9. The minimum Gasteiger partial charge on any atom is -0.333 e. The van der Waals surface area contributed by atoms with Crippen LogP contribution in [0.4, 0.5) is 0 Å². The molecular weight excluding hydrogens is 529 g/mol. The van der Waals surface area contributed by atoms with Crippen LogP contribution in [0.5, 0.6) is 0 Å². The molecule has 4 rings (SSSR count). The van der Waals surface area contributed by atoms with Gasteiger partial charge in [0.1, 0.15) is 0 Å². The summed E-state index contributed by atoms with van der Waals surface area (Å²) in [5, 5.41) is 13.4. The molecule has 0 aliphatic heterocycles. The maximum Gasteiger partial charge on any atom is 0.294 e. The van der Waals surface area contributed by atoms with E-state index < -0.39 is 10.1 Å². The molecule has 15 heteroatoms. The predicted octanol–water partition coefficient (Wildman–Crippen LogP) is 4.73. The average Bonchev–Trinajstić information content (AvgIpc) is 3.38. The quantitative estimate of drug-likeness (QED) is 0.0485. The lowest BCUT2D eigenvalue weighted by Crippen LogP contribution is -1.97. The largest absolute Gasteiger partial charge is 0.333 e. The molecule has 2 heterocycles. The van der Waals surface area contributed by atoms with Gasteiger partial charge in [0.15, 0.2) is 10.3 Å². The van der Waals surface area contributed by atoms with Gasteiger partial charge in [0.05, 0.1) is 39.0 Å². The number of hydrogen-bond acceptors (Lipinski definition) is 11. The zero-order chi connectivity index (χ0) is 23.3. The molecule has 10 nitrogen and oxygen atoms in total. The Morgan fingerprint density at radius 2 is 1.48 bits per heavy atom. The molecule has 0 saturated heterocycles. The maximum absolute atomic E-state index is 11.3. The summed E-state index contributed by atoms with van der Waals surface area (Å²) in [6.07, 6.45) is 0. The first-order valence-electron chi connectivity index (χ1n) is 9.37. The van der Waals surface area contributed by atoms with E-state index in [9.17, 15) is 8.42 Å². The Hall–Kier alpha value is -1.43. The van der Waals surface area contributed by atoms with Gasteiger partial charge < -0.3 is 9.97 Å². The molecule has 176 valence electrons. The van der Waals surface area contributed by atoms with Gasteiger partial charge in [-0.1, -0.05) is 28.6 Å². The Labute approximate surface area is 205 Å². The average molecular weight is 547 g/mol. The van der Waals surface area contributed by atoms with Crippen molar-refractivity contribution in [2.75, 3.05) is 23.0 Å². The molecule has 0 radical (unpaired) electrons. The molecule has 2 aromatic carbocycles. The van der Waals surface area contributed by atoms with E-state index in [0.717, 1.165) is 56.1 Å². The van der Waals surface area contributed by atoms with E-state index >= 15 is 0 Å². The Balaban J connectivity index is 1.18. The fourth-order valence-electron chi connectivity index (χ4n) is 2.83. The van der Waals surface area contributed by atoms with Crippen LogP contribution in [0, 0.1) is 0 Å². The summed E-state index contributed by atoms with van der Waals surface area (Å²) in [6, 6.07) is 9.84. The number of rotatable bonds is 12. The predicted molar refractivity (Wildman–Crippen MR) is 131 cm³/mol. The van der Waals surface area contributed by atoms with Crippen molar-refractivity contribution in [1.82, 2.24) is 19.9 Å². The van der Waals surface area contributed by atoms with Crippen molar-refractivity contribution in [2.24, 2.45) is 0 Å². The van der Waals surface area contributed by atoms with Crippen molar-refractivity contribution < 1.29 is 27.6 Å². The first kappa shape index (κ1) is 24.7. The number of imidazole rings is 2. The van der Waals surface area contributed by atoms with Crippen molar-refractivity contribution in [3.05, 3.63) is 36.4 Å². The number of fused-ring (bicyclic) bond motifs is 2. The third kappa shape index (κ3) is 6.80. The number of H-pyrrole nitrogens is 2. The van der Waals surface area contributed by atoms with Crippen molar-refractivity contribution in [3.8, 4) is 0 Å². The maximum atomic E-state index is 11.3. The number of thioether (sulfide) groups is 3. The summed E-state index contributed by atoms with van der Waals surface area (Å²) in [5.41, 5.74) is 2.95. The zero-order valence-electron chi connectivity index (χ0n) is 16.8. The molecule has 0 saturated carbocycles. The van der Waals surface area contributed by atoms with E-state index in [1.54, 1.807) is 29.6 Å². The highest BCUT2D eigenvalue weighted by Crippen LogP contribution is 2.26. The zero-order valence-corrected chi connectivity index (χ0v) is 20.8. The van der Waals surface area contributed by atoms with Gasteiger partial charge in [-0.15, -0.1) is 4.33 Å². The standard InChI is InChI=1S/C18H18N4O6S5/c23-27-28-32-11-1-3-13-15(9-11)21-17(19-13)30-7-5-29-6-8-31-18-20-14-4-2-12(33(24,25)26)10-16(14)22-18/h1-4,9-10,23H,5-8H2,(H,19,21)(H,20,22)(H,24,25,26). The summed E-state index contributed by atoms with van der Waals surface area (Å²) >= 11 is 5.94. The van der Waals surface area contributed by atoms with Gasteiger partial charge in [-0.25, -0.2) is 15.2 Å². The highest BCUT2D eigenvalue weighted by Gasteiger charge is 2.12. The lowest BCUT2D eigenvalue weighted by atomic mass is 10.3. The number of benzene rings is 2.